The van der Waals surface area contributed by atoms with Crippen LogP contribution in [0.25, 0.3) is 11.0 Å². The van der Waals surface area contributed by atoms with Gasteiger partial charge in [-0.1, -0.05) is 13.8 Å². The summed E-state index contributed by atoms with van der Waals surface area (Å²) in [5.74, 6) is 0.886. The largest absolute Gasteiger partial charge is 0.384 e. The van der Waals surface area contributed by atoms with Crippen LogP contribution >= 0.6 is 15.9 Å². The summed E-state index contributed by atoms with van der Waals surface area (Å²) in [5.41, 5.74) is 7.36. The van der Waals surface area contributed by atoms with Crippen molar-refractivity contribution in [2.75, 3.05) is 5.73 Å². The molecule has 2 aromatic rings. The van der Waals surface area contributed by atoms with Gasteiger partial charge in [0.15, 0.2) is 5.65 Å². The molecule has 4 heteroatoms. The number of halogens is 1. The molecule has 3 nitrogen and oxygen atoms in total. The van der Waals surface area contributed by atoms with Gasteiger partial charge in [-0.05, 0) is 40.0 Å². The minimum absolute atomic E-state index is 0.383. The van der Waals surface area contributed by atoms with Gasteiger partial charge in [-0.15, -0.1) is 0 Å². The average Bonchev–Trinajstić information content (AvgIpc) is 2.16. The van der Waals surface area contributed by atoms with E-state index < -0.39 is 0 Å². The highest BCUT2D eigenvalue weighted by molar-refractivity contribution is 9.10. The zero-order valence-electron chi connectivity index (χ0n) is 8.66. The van der Waals surface area contributed by atoms with Crippen LogP contribution in [0.3, 0.4) is 0 Å². The van der Waals surface area contributed by atoms with E-state index in [-0.39, 0.29) is 0 Å². The predicted octanol–water partition coefficient (Wildman–Crippen LogP) is 3.10. The number of hydrogen-bond donors (Lipinski definition) is 1. The summed E-state index contributed by atoms with van der Waals surface area (Å²) in [7, 11) is 0. The Hall–Kier alpha value is -1.16. The van der Waals surface area contributed by atoms with Crippen LogP contribution in [0.5, 0.6) is 0 Å². The quantitative estimate of drug-likeness (QED) is 0.862. The van der Waals surface area contributed by atoms with Crippen LogP contribution in [-0.4, -0.2) is 9.97 Å². The highest BCUT2D eigenvalue weighted by Crippen LogP contribution is 2.25. The molecule has 0 unspecified atom stereocenters. The Morgan fingerprint density at radius 1 is 1.27 bits per heavy atom. The first-order chi connectivity index (χ1) is 7.08. The van der Waals surface area contributed by atoms with Crippen molar-refractivity contribution in [3.63, 3.8) is 0 Å². The molecule has 0 spiro atoms. The zero-order chi connectivity index (χ0) is 11.0. The van der Waals surface area contributed by atoms with Crippen molar-refractivity contribution in [2.45, 2.75) is 19.8 Å². The molecule has 0 saturated carbocycles. The standard InChI is InChI=1S/C11H12BrN3/c1-6(2)9-5-8(12)7-3-4-10(13)15-11(7)14-9/h3-6H,1-2H3,(H2,13,14,15). The molecule has 0 bridgehead atoms. The predicted molar refractivity (Wildman–Crippen MR) is 65.7 cm³/mol. The molecule has 0 amide bonds. The number of nitrogens with zero attached hydrogens (tertiary/aromatic N) is 2. The lowest BCUT2D eigenvalue weighted by Crippen LogP contribution is -1.97. The molecule has 0 aliphatic rings. The van der Waals surface area contributed by atoms with Crippen molar-refractivity contribution in [3.8, 4) is 0 Å². The minimum Gasteiger partial charge on any atom is -0.384 e. The van der Waals surface area contributed by atoms with Crippen LogP contribution in [0.4, 0.5) is 5.82 Å². The van der Waals surface area contributed by atoms with E-state index >= 15 is 0 Å². The van der Waals surface area contributed by atoms with Gasteiger partial charge in [0.1, 0.15) is 5.82 Å². The lowest BCUT2D eigenvalue weighted by Gasteiger charge is -2.07. The van der Waals surface area contributed by atoms with Crippen LogP contribution in [0, 0.1) is 0 Å². The maximum Gasteiger partial charge on any atom is 0.162 e. The third-order valence-electron chi connectivity index (χ3n) is 2.26. The Balaban J connectivity index is 2.74. The van der Waals surface area contributed by atoms with Gasteiger partial charge in [0.25, 0.3) is 0 Å². The number of anilines is 1. The van der Waals surface area contributed by atoms with Crippen molar-refractivity contribution in [1.82, 2.24) is 9.97 Å². The number of hydrogen-bond acceptors (Lipinski definition) is 3. The van der Waals surface area contributed by atoms with Gasteiger partial charge in [0.05, 0.1) is 0 Å². The molecule has 15 heavy (non-hydrogen) atoms. The summed E-state index contributed by atoms with van der Waals surface area (Å²) in [6.07, 6.45) is 0. The Labute approximate surface area is 96.9 Å². The van der Waals surface area contributed by atoms with Gasteiger partial charge in [0.2, 0.25) is 0 Å². The molecule has 2 heterocycles. The maximum absolute atomic E-state index is 5.63. The highest BCUT2D eigenvalue weighted by atomic mass is 79.9. The summed E-state index contributed by atoms with van der Waals surface area (Å²) in [6, 6.07) is 5.74. The van der Waals surface area contributed by atoms with E-state index in [1.165, 1.54) is 0 Å². The number of aromatic nitrogens is 2. The van der Waals surface area contributed by atoms with Gasteiger partial charge in [-0.2, -0.15) is 0 Å². The van der Waals surface area contributed by atoms with Crippen LogP contribution in [0.2, 0.25) is 0 Å². The second-order valence-electron chi connectivity index (χ2n) is 3.79. The van der Waals surface area contributed by atoms with Gasteiger partial charge in [-0.3, -0.25) is 0 Å². The fourth-order valence-corrected chi connectivity index (χ4v) is 1.94. The van der Waals surface area contributed by atoms with E-state index in [2.05, 4.69) is 39.7 Å². The molecule has 0 saturated heterocycles. The maximum atomic E-state index is 5.63. The van der Waals surface area contributed by atoms with E-state index in [0.717, 1.165) is 15.6 Å². The molecule has 78 valence electrons. The monoisotopic (exact) mass is 265 g/mol. The van der Waals surface area contributed by atoms with Crippen LogP contribution in [0.1, 0.15) is 25.5 Å². The Morgan fingerprint density at radius 2 is 2.00 bits per heavy atom. The third kappa shape index (κ3) is 1.95. The Bertz CT molecular complexity index is 508. The number of nitrogen functional groups attached to an aromatic ring is 1. The van der Waals surface area contributed by atoms with Crippen molar-refractivity contribution in [2.24, 2.45) is 0 Å². The number of fused-ring (bicyclic) bond motifs is 1. The van der Waals surface area contributed by atoms with Gasteiger partial charge in [-0.25, -0.2) is 9.97 Å². The first-order valence-corrected chi connectivity index (χ1v) is 5.60. The Kier molecular flexibility index (Phi) is 2.61. The third-order valence-corrected chi connectivity index (χ3v) is 2.91. The van der Waals surface area contributed by atoms with E-state index in [0.29, 0.717) is 17.4 Å². The summed E-state index contributed by atoms with van der Waals surface area (Å²) < 4.78 is 1.02. The molecular formula is C11H12BrN3. The molecule has 0 atom stereocenters. The number of nitrogens with two attached hydrogens (primary N) is 1. The minimum atomic E-state index is 0.383. The second-order valence-corrected chi connectivity index (χ2v) is 4.65. The zero-order valence-corrected chi connectivity index (χ0v) is 10.2. The molecule has 2 rings (SSSR count). The molecule has 0 aliphatic carbocycles. The molecule has 0 fully saturated rings. The summed E-state index contributed by atoms with van der Waals surface area (Å²) >= 11 is 3.52. The SMILES string of the molecule is CC(C)c1cc(Br)c2ccc(N)nc2n1. The topological polar surface area (TPSA) is 51.8 Å². The summed E-state index contributed by atoms with van der Waals surface area (Å²) in [5, 5.41) is 0.994. The second kappa shape index (κ2) is 3.77. The fourth-order valence-electron chi connectivity index (χ4n) is 1.39. The van der Waals surface area contributed by atoms with Crippen molar-refractivity contribution < 1.29 is 0 Å². The van der Waals surface area contributed by atoms with Crippen LogP contribution in [0.15, 0.2) is 22.7 Å². The van der Waals surface area contributed by atoms with E-state index in [1.807, 2.05) is 12.1 Å². The molecule has 0 radical (unpaired) electrons. The average molecular weight is 266 g/mol. The molecule has 2 N–H and O–H groups in total. The van der Waals surface area contributed by atoms with E-state index in [1.54, 1.807) is 6.07 Å². The smallest absolute Gasteiger partial charge is 0.162 e. The lowest BCUT2D eigenvalue weighted by molar-refractivity contribution is 0.827. The van der Waals surface area contributed by atoms with Gasteiger partial charge >= 0.3 is 0 Å². The van der Waals surface area contributed by atoms with Crippen LogP contribution in [-0.2, 0) is 0 Å². The van der Waals surface area contributed by atoms with E-state index in [4.69, 9.17) is 5.73 Å². The summed E-state index contributed by atoms with van der Waals surface area (Å²) in [6.45, 7) is 4.21. The first kappa shape index (κ1) is 10.4. The molecule has 2 aromatic heterocycles. The van der Waals surface area contributed by atoms with Crippen molar-refractivity contribution in [1.29, 1.82) is 0 Å². The molecular weight excluding hydrogens is 254 g/mol. The first-order valence-electron chi connectivity index (χ1n) is 4.80. The fraction of sp³-hybridized carbons (Fsp3) is 0.273. The molecule has 0 aromatic carbocycles. The normalized spacial score (nSPS) is 11.2. The number of pyridine rings is 2. The Morgan fingerprint density at radius 3 is 2.67 bits per heavy atom. The van der Waals surface area contributed by atoms with E-state index in [9.17, 15) is 0 Å². The van der Waals surface area contributed by atoms with Crippen LogP contribution < -0.4 is 5.73 Å². The lowest BCUT2D eigenvalue weighted by atomic mass is 10.1. The van der Waals surface area contributed by atoms with Gasteiger partial charge < -0.3 is 5.73 Å². The molecule has 0 aliphatic heterocycles. The van der Waals surface area contributed by atoms with Gasteiger partial charge in [0, 0.05) is 15.6 Å². The summed E-state index contributed by atoms with van der Waals surface area (Å²) in [4.78, 5) is 8.69. The van der Waals surface area contributed by atoms with Crippen molar-refractivity contribution >= 4 is 32.8 Å². The highest BCUT2D eigenvalue weighted by Gasteiger charge is 2.07. The van der Waals surface area contributed by atoms with Crippen molar-refractivity contribution in [3.05, 3.63) is 28.4 Å². The number of rotatable bonds is 1.